The summed E-state index contributed by atoms with van der Waals surface area (Å²) >= 11 is 4.30. The summed E-state index contributed by atoms with van der Waals surface area (Å²) in [6.07, 6.45) is -0.494. The van der Waals surface area contributed by atoms with Crippen LogP contribution in [0.4, 0.5) is 5.13 Å². The molecule has 0 aliphatic heterocycles. The van der Waals surface area contributed by atoms with E-state index in [9.17, 15) is 9.59 Å². The highest BCUT2D eigenvalue weighted by atomic mass is 79.9. The second-order valence-electron chi connectivity index (χ2n) is 2.61. The molecule has 0 aliphatic carbocycles. The van der Waals surface area contributed by atoms with Gasteiger partial charge in [0.2, 0.25) is 0 Å². The zero-order chi connectivity index (χ0) is 11.4. The lowest BCUT2D eigenvalue weighted by Crippen LogP contribution is -2.31. The molecule has 1 aromatic rings. The molecular weight excluding hydrogens is 288 g/mol. The van der Waals surface area contributed by atoms with Crippen molar-refractivity contribution in [3.8, 4) is 0 Å². The molecule has 1 atom stereocenters. The summed E-state index contributed by atoms with van der Waals surface area (Å²) in [4.78, 5) is 25.0. The standard InChI is InChI=1S/C7H7BrN2O4S/c8-4-2-15-7(10-4)9-3(6(13)14)1-5(11)12/h2-3H,1H2,(H,9,10)(H,11,12)(H,13,14). The predicted octanol–water partition coefficient (Wildman–Crippen LogP) is 1.25. The van der Waals surface area contributed by atoms with E-state index in [1.807, 2.05) is 0 Å². The van der Waals surface area contributed by atoms with Crippen molar-refractivity contribution in [3.05, 3.63) is 9.98 Å². The lowest BCUT2D eigenvalue weighted by Gasteiger charge is -2.10. The van der Waals surface area contributed by atoms with Gasteiger partial charge in [-0.2, -0.15) is 0 Å². The van der Waals surface area contributed by atoms with Crippen molar-refractivity contribution >= 4 is 44.3 Å². The van der Waals surface area contributed by atoms with Crippen molar-refractivity contribution < 1.29 is 19.8 Å². The van der Waals surface area contributed by atoms with E-state index >= 15 is 0 Å². The third-order valence-electron chi connectivity index (χ3n) is 1.45. The average Bonchev–Trinajstić information content (AvgIpc) is 2.49. The second-order valence-corrected chi connectivity index (χ2v) is 4.28. The van der Waals surface area contributed by atoms with Crippen molar-refractivity contribution in [3.63, 3.8) is 0 Å². The van der Waals surface area contributed by atoms with Gasteiger partial charge in [0.15, 0.2) is 5.13 Å². The van der Waals surface area contributed by atoms with Gasteiger partial charge in [-0.3, -0.25) is 4.79 Å². The number of carbonyl (C=O) groups is 2. The fourth-order valence-electron chi connectivity index (χ4n) is 0.844. The highest BCUT2D eigenvalue weighted by molar-refractivity contribution is 9.10. The van der Waals surface area contributed by atoms with Gasteiger partial charge in [0.25, 0.3) is 0 Å². The van der Waals surface area contributed by atoms with Gasteiger partial charge in [-0.1, -0.05) is 0 Å². The van der Waals surface area contributed by atoms with Crippen LogP contribution >= 0.6 is 27.3 Å². The molecule has 1 unspecified atom stereocenters. The SMILES string of the molecule is O=C(O)CC(Nc1nc(Br)cs1)C(=O)O. The minimum atomic E-state index is -1.22. The number of rotatable bonds is 5. The normalized spacial score (nSPS) is 12.1. The van der Waals surface area contributed by atoms with Crippen molar-refractivity contribution in [1.29, 1.82) is 0 Å². The number of carboxylic acids is 2. The second kappa shape index (κ2) is 5.08. The van der Waals surface area contributed by atoms with E-state index < -0.39 is 24.4 Å². The molecule has 6 nitrogen and oxygen atoms in total. The molecule has 0 bridgehead atoms. The number of hydrogen-bond donors (Lipinski definition) is 3. The van der Waals surface area contributed by atoms with E-state index in [0.29, 0.717) is 9.73 Å². The molecule has 0 spiro atoms. The molecule has 0 aromatic carbocycles. The van der Waals surface area contributed by atoms with Crippen LogP contribution in [0.15, 0.2) is 9.98 Å². The fraction of sp³-hybridized carbons (Fsp3) is 0.286. The molecule has 15 heavy (non-hydrogen) atoms. The van der Waals surface area contributed by atoms with Gasteiger partial charge < -0.3 is 15.5 Å². The van der Waals surface area contributed by atoms with Gasteiger partial charge in [-0.05, 0) is 15.9 Å². The van der Waals surface area contributed by atoms with E-state index in [4.69, 9.17) is 10.2 Å². The first-order chi connectivity index (χ1) is 6.99. The zero-order valence-corrected chi connectivity index (χ0v) is 9.71. The van der Waals surface area contributed by atoms with Gasteiger partial charge >= 0.3 is 11.9 Å². The molecule has 82 valence electrons. The maximum atomic E-state index is 10.7. The number of nitrogens with zero attached hydrogens (tertiary/aromatic N) is 1. The van der Waals surface area contributed by atoms with Crippen LogP contribution in [-0.2, 0) is 9.59 Å². The Bertz CT molecular complexity index is 381. The van der Waals surface area contributed by atoms with Crippen LogP contribution < -0.4 is 5.32 Å². The van der Waals surface area contributed by atoms with E-state index in [2.05, 4.69) is 26.2 Å². The first-order valence-corrected chi connectivity index (χ1v) is 5.48. The van der Waals surface area contributed by atoms with Crippen LogP contribution in [0.2, 0.25) is 0 Å². The summed E-state index contributed by atoms with van der Waals surface area (Å²) in [7, 11) is 0. The fourth-order valence-corrected chi connectivity index (χ4v) is 2.04. The lowest BCUT2D eigenvalue weighted by atomic mass is 10.2. The lowest BCUT2D eigenvalue weighted by molar-refractivity contribution is -0.144. The van der Waals surface area contributed by atoms with Gasteiger partial charge in [0.05, 0.1) is 6.42 Å². The molecule has 0 amide bonds. The van der Waals surface area contributed by atoms with Gasteiger partial charge in [0, 0.05) is 5.38 Å². The molecule has 1 rings (SSSR count). The maximum absolute atomic E-state index is 10.7. The quantitative estimate of drug-likeness (QED) is 0.756. The monoisotopic (exact) mass is 294 g/mol. The number of nitrogens with one attached hydrogen (secondary N) is 1. The van der Waals surface area contributed by atoms with Crippen molar-refractivity contribution in [2.75, 3.05) is 5.32 Å². The summed E-state index contributed by atoms with van der Waals surface area (Å²) in [6, 6.07) is -1.17. The third kappa shape index (κ3) is 3.84. The minimum Gasteiger partial charge on any atom is -0.481 e. The largest absolute Gasteiger partial charge is 0.481 e. The van der Waals surface area contributed by atoms with Crippen LogP contribution in [0.25, 0.3) is 0 Å². The van der Waals surface area contributed by atoms with Crippen LogP contribution in [-0.4, -0.2) is 33.2 Å². The maximum Gasteiger partial charge on any atom is 0.326 e. The number of hydrogen-bond acceptors (Lipinski definition) is 5. The Kier molecular flexibility index (Phi) is 4.04. The molecular formula is C7H7BrN2O4S. The Morgan fingerprint density at radius 2 is 2.27 bits per heavy atom. The number of aliphatic carboxylic acids is 2. The molecule has 0 saturated carbocycles. The van der Waals surface area contributed by atoms with Crippen LogP contribution in [0.3, 0.4) is 0 Å². The summed E-state index contributed by atoms with van der Waals surface area (Å²) < 4.78 is 0.578. The number of halogens is 1. The third-order valence-corrected chi connectivity index (χ3v) is 2.93. The Hall–Kier alpha value is -1.15. The summed E-state index contributed by atoms with van der Waals surface area (Å²) in [6.45, 7) is 0. The molecule has 0 radical (unpaired) electrons. The van der Waals surface area contributed by atoms with Crippen LogP contribution in [0.5, 0.6) is 0 Å². The Balaban J connectivity index is 2.66. The number of aromatic nitrogens is 1. The number of carboxylic acid groups (broad SMARTS) is 2. The minimum absolute atomic E-state index is 0.371. The predicted molar refractivity (Wildman–Crippen MR) is 57.1 cm³/mol. The van der Waals surface area contributed by atoms with E-state index in [0.717, 1.165) is 0 Å². The first kappa shape index (κ1) is 11.9. The topological polar surface area (TPSA) is 99.5 Å². The number of thiazole rings is 1. The molecule has 0 saturated heterocycles. The van der Waals surface area contributed by atoms with E-state index in [1.54, 1.807) is 5.38 Å². The molecule has 3 N–H and O–H groups in total. The van der Waals surface area contributed by atoms with E-state index in [1.165, 1.54) is 11.3 Å². The average molecular weight is 295 g/mol. The zero-order valence-electron chi connectivity index (χ0n) is 7.31. The van der Waals surface area contributed by atoms with Gasteiger partial charge in [-0.15, -0.1) is 11.3 Å². The van der Waals surface area contributed by atoms with Crippen molar-refractivity contribution in [1.82, 2.24) is 4.98 Å². The van der Waals surface area contributed by atoms with Gasteiger partial charge in [-0.25, -0.2) is 9.78 Å². The van der Waals surface area contributed by atoms with Crippen LogP contribution in [0.1, 0.15) is 6.42 Å². The molecule has 1 aromatic heterocycles. The summed E-state index contributed by atoms with van der Waals surface area (Å²) in [5.41, 5.74) is 0. The van der Waals surface area contributed by atoms with Gasteiger partial charge in [0.1, 0.15) is 10.6 Å². The highest BCUT2D eigenvalue weighted by Gasteiger charge is 2.21. The van der Waals surface area contributed by atoms with Crippen molar-refractivity contribution in [2.24, 2.45) is 0 Å². The smallest absolute Gasteiger partial charge is 0.326 e. The molecule has 0 aliphatic rings. The van der Waals surface area contributed by atoms with Crippen LogP contribution in [0, 0.1) is 0 Å². The molecule has 1 heterocycles. The first-order valence-electron chi connectivity index (χ1n) is 3.81. The van der Waals surface area contributed by atoms with E-state index in [-0.39, 0.29) is 0 Å². The molecule has 8 heteroatoms. The van der Waals surface area contributed by atoms with Crippen molar-refractivity contribution in [2.45, 2.75) is 12.5 Å². The Morgan fingerprint density at radius 3 is 2.67 bits per heavy atom. The summed E-state index contributed by atoms with van der Waals surface area (Å²) in [5, 5.41) is 21.8. The highest BCUT2D eigenvalue weighted by Crippen LogP contribution is 2.20. The Labute approximate surface area is 97.1 Å². The number of anilines is 1. The Morgan fingerprint density at radius 1 is 1.60 bits per heavy atom. The summed E-state index contributed by atoms with van der Waals surface area (Å²) in [5.74, 6) is -2.39. The molecule has 0 fully saturated rings.